The number of hydrogen-bond acceptors (Lipinski definition) is 3. The van der Waals surface area contributed by atoms with E-state index in [4.69, 9.17) is 11.6 Å². The number of hydrogen-bond donors (Lipinski definition) is 0. The first-order valence-electron chi connectivity index (χ1n) is 6.11. The minimum Gasteiger partial charge on any atom is -0.351 e. The summed E-state index contributed by atoms with van der Waals surface area (Å²) in [5.41, 5.74) is 0.530. The highest BCUT2D eigenvalue weighted by Crippen LogP contribution is 2.26. The second kappa shape index (κ2) is 5.02. The fourth-order valence-electron chi connectivity index (χ4n) is 2.22. The van der Waals surface area contributed by atoms with Crippen molar-refractivity contribution in [2.75, 3.05) is 31.6 Å². The van der Waals surface area contributed by atoms with Crippen LogP contribution in [0.1, 0.15) is 19.4 Å². The van der Waals surface area contributed by atoms with E-state index in [-0.39, 0.29) is 17.2 Å². The van der Waals surface area contributed by atoms with Gasteiger partial charge < -0.3 is 4.90 Å². The van der Waals surface area contributed by atoms with Crippen molar-refractivity contribution in [2.24, 2.45) is 0 Å². The Hall–Kier alpha value is -0.870. The van der Waals surface area contributed by atoms with Crippen LogP contribution in [0.25, 0.3) is 0 Å². The summed E-state index contributed by atoms with van der Waals surface area (Å²) < 4.78 is 14.2. The van der Waals surface area contributed by atoms with Crippen LogP contribution in [0.4, 0.5) is 10.2 Å². The molecule has 1 aromatic heterocycles. The summed E-state index contributed by atoms with van der Waals surface area (Å²) in [5, 5.41) is 0. The number of rotatable bonds is 2. The van der Waals surface area contributed by atoms with E-state index < -0.39 is 0 Å². The zero-order valence-corrected chi connectivity index (χ0v) is 11.8. The molecule has 0 amide bonds. The molecule has 0 saturated carbocycles. The monoisotopic (exact) mass is 271 g/mol. The Bertz CT molecular complexity index is 436. The van der Waals surface area contributed by atoms with Crippen molar-refractivity contribution in [2.45, 2.75) is 25.3 Å². The molecule has 0 aliphatic carbocycles. The molecule has 0 N–H and O–H groups in total. The lowest BCUT2D eigenvalue weighted by atomic mass is 9.99. The van der Waals surface area contributed by atoms with Gasteiger partial charge >= 0.3 is 0 Å². The van der Waals surface area contributed by atoms with Gasteiger partial charge in [-0.1, -0.05) is 0 Å². The maximum absolute atomic E-state index is 14.2. The summed E-state index contributed by atoms with van der Waals surface area (Å²) in [4.78, 5) is 8.46. The van der Waals surface area contributed by atoms with Crippen molar-refractivity contribution < 1.29 is 4.39 Å². The van der Waals surface area contributed by atoms with Gasteiger partial charge in [0, 0.05) is 36.9 Å². The Morgan fingerprint density at radius 3 is 2.78 bits per heavy atom. The molecule has 0 aromatic carbocycles. The van der Waals surface area contributed by atoms with Gasteiger partial charge in [-0.05, 0) is 27.0 Å². The number of likely N-dealkylation sites (N-methyl/N-ethyl adjacent to an activating group) is 1. The quantitative estimate of drug-likeness (QED) is 0.771. The third-order valence-corrected chi connectivity index (χ3v) is 4.00. The molecule has 5 heteroatoms. The van der Waals surface area contributed by atoms with Crippen molar-refractivity contribution in [3.63, 3.8) is 0 Å². The summed E-state index contributed by atoms with van der Waals surface area (Å²) in [6, 6.07) is 1.63. The van der Waals surface area contributed by atoms with Crippen LogP contribution < -0.4 is 4.90 Å². The lowest BCUT2D eigenvalue weighted by Gasteiger charge is -2.45. The Kier molecular flexibility index (Phi) is 3.78. The van der Waals surface area contributed by atoms with E-state index in [9.17, 15) is 4.39 Å². The third kappa shape index (κ3) is 2.45. The van der Waals surface area contributed by atoms with E-state index in [1.807, 2.05) is 4.90 Å². The van der Waals surface area contributed by atoms with Crippen LogP contribution in [0.15, 0.2) is 12.3 Å². The van der Waals surface area contributed by atoms with Gasteiger partial charge in [0.05, 0.1) is 5.88 Å². The van der Waals surface area contributed by atoms with Crippen molar-refractivity contribution >= 4 is 17.4 Å². The van der Waals surface area contributed by atoms with E-state index in [0.29, 0.717) is 11.4 Å². The Balaban J connectivity index is 2.28. The number of alkyl halides is 1. The van der Waals surface area contributed by atoms with Crippen molar-refractivity contribution in [3.8, 4) is 0 Å². The maximum Gasteiger partial charge on any atom is 0.170 e. The molecular formula is C13H19ClFN3. The maximum atomic E-state index is 14.2. The van der Waals surface area contributed by atoms with E-state index in [0.717, 1.165) is 19.6 Å². The predicted molar refractivity (Wildman–Crippen MR) is 72.7 cm³/mol. The molecule has 100 valence electrons. The minimum atomic E-state index is -0.284. The molecule has 2 heterocycles. The molecular weight excluding hydrogens is 253 g/mol. The van der Waals surface area contributed by atoms with Crippen molar-refractivity contribution in [1.82, 2.24) is 9.88 Å². The number of halogens is 2. The summed E-state index contributed by atoms with van der Waals surface area (Å²) in [7, 11) is 2.09. The van der Waals surface area contributed by atoms with Crippen LogP contribution in [0.5, 0.6) is 0 Å². The highest BCUT2D eigenvalue weighted by atomic mass is 35.5. The highest BCUT2D eigenvalue weighted by Gasteiger charge is 2.32. The van der Waals surface area contributed by atoms with Gasteiger partial charge in [-0.2, -0.15) is 0 Å². The summed E-state index contributed by atoms with van der Waals surface area (Å²) in [6.45, 7) is 6.76. The zero-order chi connectivity index (χ0) is 13.3. The molecule has 1 aliphatic rings. The van der Waals surface area contributed by atoms with Crippen LogP contribution in [0, 0.1) is 5.82 Å². The third-order valence-electron chi connectivity index (χ3n) is 3.71. The normalized spacial score (nSPS) is 20.2. The van der Waals surface area contributed by atoms with Crippen LogP contribution in [0.2, 0.25) is 0 Å². The van der Waals surface area contributed by atoms with Gasteiger partial charge in [0.15, 0.2) is 11.6 Å². The van der Waals surface area contributed by atoms with Gasteiger partial charge in [-0.25, -0.2) is 9.37 Å². The first-order chi connectivity index (χ1) is 8.45. The second-order valence-corrected chi connectivity index (χ2v) is 5.66. The molecule has 18 heavy (non-hydrogen) atoms. The first kappa shape index (κ1) is 13.6. The molecule has 1 saturated heterocycles. The predicted octanol–water partition coefficient (Wildman–Crippen LogP) is 2.49. The zero-order valence-electron chi connectivity index (χ0n) is 11.1. The average molecular weight is 272 g/mol. The van der Waals surface area contributed by atoms with Crippen molar-refractivity contribution in [3.05, 3.63) is 23.6 Å². The van der Waals surface area contributed by atoms with Crippen LogP contribution in [-0.4, -0.2) is 42.1 Å². The van der Waals surface area contributed by atoms with Gasteiger partial charge in [0.1, 0.15) is 0 Å². The fourth-order valence-corrected chi connectivity index (χ4v) is 2.42. The number of aromatic nitrogens is 1. The minimum absolute atomic E-state index is 0.0172. The molecule has 1 aliphatic heterocycles. The van der Waals surface area contributed by atoms with Gasteiger partial charge in [0.2, 0.25) is 0 Å². The Labute approximate surface area is 113 Å². The molecule has 0 atom stereocenters. The molecule has 1 aromatic rings. The summed E-state index contributed by atoms with van der Waals surface area (Å²) >= 11 is 5.73. The lowest BCUT2D eigenvalue weighted by molar-refractivity contribution is 0.138. The highest BCUT2D eigenvalue weighted by molar-refractivity contribution is 6.17. The standard InChI is InChI=1S/C13H19ClFN3/c1-13(2)9-18(7-6-17(13)3)12-11(15)10(8-14)4-5-16-12/h4-5H,6-9H2,1-3H3. The van der Waals surface area contributed by atoms with E-state index in [1.54, 1.807) is 12.3 Å². The largest absolute Gasteiger partial charge is 0.351 e. The number of piperazine rings is 1. The summed E-state index contributed by atoms with van der Waals surface area (Å²) in [5.74, 6) is 0.320. The molecule has 1 fully saturated rings. The molecule has 0 bridgehead atoms. The Morgan fingerprint density at radius 2 is 2.17 bits per heavy atom. The fraction of sp³-hybridized carbons (Fsp3) is 0.615. The number of pyridine rings is 1. The van der Waals surface area contributed by atoms with Crippen LogP contribution >= 0.6 is 11.6 Å². The molecule has 0 spiro atoms. The van der Waals surface area contributed by atoms with E-state index >= 15 is 0 Å². The number of nitrogens with zero attached hydrogens (tertiary/aromatic N) is 3. The number of anilines is 1. The second-order valence-electron chi connectivity index (χ2n) is 5.40. The van der Waals surface area contributed by atoms with E-state index in [2.05, 4.69) is 30.8 Å². The van der Waals surface area contributed by atoms with Gasteiger partial charge in [-0.3, -0.25) is 4.90 Å². The van der Waals surface area contributed by atoms with Gasteiger partial charge in [0.25, 0.3) is 0 Å². The molecule has 2 rings (SSSR count). The smallest absolute Gasteiger partial charge is 0.170 e. The summed E-state index contributed by atoms with van der Waals surface area (Å²) in [6.07, 6.45) is 1.63. The van der Waals surface area contributed by atoms with Gasteiger partial charge in [-0.15, -0.1) is 11.6 Å². The lowest BCUT2D eigenvalue weighted by Crippen LogP contribution is -2.58. The Morgan fingerprint density at radius 1 is 1.44 bits per heavy atom. The topological polar surface area (TPSA) is 19.4 Å². The van der Waals surface area contributed by atoms with Crippen LogP contribution in [-0.2, 0) is 5.88 Å². The van der Waals surface area contributed by atoms with E-state index in [1.165, 1.54) is 0 Å². The first-order valence-corrected chi connectivity index (χ1v) is 6.64. The average Bonchev–Trinajstić information content (AvgIpc) is 2.33. The molecule has 0 unspecified atom stereocenters. The molecule has 0 radical (unpaired) electrons. The van der Waals surface area contributed by atoms with Crippen LogP contribution in [0.3, 0.4) is 0 Å². The SMILES string of the molecule is CN1CCN(c2nccc(CCl)c2F)CC1(C)C. The molecule has 3 nitrogen and oxygen atoms in total. The van der Waals surface area contributed by atoms with Crippen molar-refractivity contribution in [1.29, 1.82) is 0 Å².